The Kier molecular flexibility index (Phi) is 3.99. The number of benzene rings is 2. The van der Waals surface area contributed by atoms with E-state index >= 15 is 0 Å². The molecule has 0 unspecified atom stereocenters. The average Bonchev–Trinajstić information content (AvgIpc) is 3.19. The van der Waals surface area contributed by atoms with Gasteiger partial charge >= 0.3 is 0 Å². The molecule has 0 fully saturated rings. The minimum atomic E-state index is -0.295. The van der Waals surface area contributed by atoms with Crippen molar-refractivity contribution in [1.29, 1.82) is 0 Å². The van der Waals surface area contributed by atoms with Gasteiger partial charge < -0.3 is 0 Å². The highest BCUT2D eigenvalue weighted by atomic mass is 32.1. The van der Waals surface area contributed by atoms with Crippen LogP contribution in [-0.2, 0) is 6.54 Å². The summed E-state index contributed by atoms with van der Waals surface area (Å²) >= 11 is 1.44. The Morgan fingerprint density at radius 1 is 1.12 bits per heavy atom. The fourth-order valence-electron chi connectivity index (χ4n) is 2.56. The van der Waals surface area contributed by atoms with E-state index in [1.807, 2.05) is 61.5 Å². The zero-order valence-corrected chi connectivity index (χ0v) is 14.3. The number of amides is 1. The van der Waals surface area contributed by atoms with Gasteiger partial charge in [-0.15, -0.1) is 5.10 Å². The van der Waals surface area contributed by atoms with Crippen molar-refractivity contribution in [3.8, 4) is 0 Å². The molecule has 4 rings (SSSR count). The second-order valence-corrected chi connectivity index (χ2v) is 6.64. The first kappa shape index (κ1) is 15.5. The van der Waals surface area contributed by atoms with Crippen molar-refractivity contribution in [2.24, 2.45) is 0 Å². The Morgan fingerprint density at radius 3 is 2.68 bits per heavy atom. The number of carbonyl (C=O) groups is 1. The number of hydrogen-bond acceptors (Lipinski definition) is 5. The maximum absolute atomic E-state index is 12.5. The lowest BCUT2D eigenvalue weighted by atomic mass is 10.2. The second-order valence-electron chi connectivity index (χ2n) is 5.61. The fraction of sp³-hybridized carbons (Fsp3) is 0.111. The molecule has 0 aliphatic rings. The third-order valence-electron chi connectivity index (χ3n) is 3.89. The molecule has 0 spiro atoms. The molecule has 124 valence electrons. The van der Waals surface area contributed by atoms with E-state index in [9.17, 15) is 4.79 Å². The highest BCUT2D eigenvalue weighted by Gasteiger charge is 2.18. The molecule has 2 heterocycles. The van der Waals surface area contributed by atoms with Gasteiger partial charge in [0.05, 0.1) is 22.5 Å². The number of para-hydroxylation sites is 1. The van der Waals surface area contributed by atoms with Gasteiger partial charge in [0, 0.05) is 0 Å². The molecule has 25 heavy (non-hydrogen) atoms. The third-order valence-corrected chi connectivity index (χ3v) is 4.84. The molecule has 0 bridgehead atoms. The van der Waals surface area contributed by atoms with Gasteiger partial charge in [-0.2, -0.15) is 0 Å². The van der Waals surface area contributed by atoms with Crippen molar-refractivity contribution in [2.75, 3.05) is 5.32 Å². The van der Waals surface area contributed by atoms with Crippen molar-refractivity contribution in [3.63, 3.8) is 0 Å². The summed E-state index contributed by atoms with van der Waals surface area (Å²) in [6.45, 7) is 2.42. The van der Waals surface area contributed by atoms with E-state index in [1.54, 1.807) is 4.68 Å². The average molecular weight is 349 g/mol. The zero-order chi connectivity index (χ0) is 17.2. The molecule has 2 aromatic carbocycles. The standard InChI is InChI=1S/C18H15N5OS/c1-12-16(21-22-23(12)11-13-7-3-2-4-8-13)17(24)20-18-19-14-9-5-6-10-15(14)25-18/h2-10H,11H2,1H3,(H,19,20,24). The van der Waals surface area contributed by atoms with Crippen molar-refractivity contribution >= 4 is 32.6 Å². The maximum Gasteiger partial charge on any atom is 0.279 e. The quantitative estimate of drug-likeness (QED) is 0.612. The molecule has 0 saturated carbocycles. The minimum absolute atomic E-state index is 0.295. The van der Waals surface area contributed by atoms with Crippen LogP contribution < -0.4 is 5.32 Å². The van der Waals surface area contributed by atoms with Crippen molar-refractivity contribution < 1.29 is 4.79 Å². The van der Waals surface area contributed by atoms with Gasteiger partial charge in [0.15, 0.2) is 10.8 Å². The first-order valence-corrected chi connectivity index (χ1v) is 8.63. The Hall–Kier alpha value is -3.06. The highest BCUT2D eigenvalue weighted by molar-refractivity contribution is 7.22. The number of hydrogen-bond donors (Lipinski definition) is 1. The van der Waals surface area contributed by atoms with Gasteiger partial charge in [0.25, 0.3) is 5.91 Å². The molecule has 0 aliphatic carbocycles. The molecule has 0 atom stereocenters. The van der Waals surface area contributed by atoms with E-state index in [2.05, 4.69) is 20.6 Å². The van der Waals surface area contributed by atoms with Gasteiger partial charge in [-0.05, 0) is 24.6 Å². The van der Waals surface area contributed by atoms with Crippen molar-refractivity contribution in [1.82, 2.24) is 20.0 Å². The lowest BCUT2D eigenvalue weighted by Crippen LogP contribution is -2.14. The lowest BCUT2D eigenvalue weighted by Gasteiger charge is -2.04. The van der Waals surface area contributed by atoms with E-state index in [0.29, 0.717) is 17.4 Å². The molecule has 0 radical (unpaired) electrons. The second kappa shape index (κ2) is 6.45. The Labute approximate surface area is 148 Å². The fourth-order valence-corrected chi connectivity index (χ4v) is 3.42. The summed E-state index contributed by atoms with van der Waals surface area (Å²) in [5.41, 5.74) is 3.01. The molecular weight excluding hydrogens is 334 g/mol. The zero-order valence-electron chi connectivity index (χ0n) is 13.5. The largest absolute Gasteiger partial charge is 0.296 e. The van der Waals surface area contributed by atoms with Gasteiger partial charge in [0.1, 0.15) is 0 Å². The van der Waals surface area contributed by atoms with Gasteiger partial charge in [-0.25, -0.2) is 9.67 Å². The molecule has 1 N–H and O–H groups in total. The van der Waals surface area contributed by atoms with Crippen LogP contribution in [0.5, 0.6) is 0 Å². The van der Waals surface area contributed by atoms with Crippen LogP contribution in [0.1, 0.15) is 21.7 Å². The summed E-state index contributed by atoms with van der Waals surface area (Å²) < 4.78 is 2.75. The number of nitrogens with one attached hydrogen (secondary N) is 1. The predicted octanol–water partition coefficient (Wildman–Crippen LogP) is 3.50. The van der Waals surface area contributed by atoms with E-state index in [-0.39, 0.29) is 5.91 Å². The van der Waals surface area contributed by atoms with Crippen LogP contribution in [0.15, 0.2) is 54.6 Å². The third kappa shape index (κ3) is 3.14. The summed E-state index contributed by atoms with van der Waals surface area (Å²) in [5, 5.41) is 11.5. The topological polar surface area (TPSA) is 72.7 Å². The van der Waals surface area contributed by atoms with E-state index in [1.165, 1.54) is 11.3 Å². The number of nitrogens with zero attached hydrogens (tertiary/aromatic N) is 4. The predicted molar refractivity (Wildman–Crippen MR) is 97.9 cm³/mol. The van der Waals surface area contributed by atoms with E-state index < -0.39 is 0 Å². The van der Waals surface area contributed by atoms with Crippen molar-refractivity contribution in [2.45, 2.75) is 13.5 Å². The summed E-state index contributed by atoms with van der Waals surface area (Å²) in [5.74, 6) is -0.295. The first-order valence-electron chi connectivity index (χ1n) is 7.81. The summed E-state index contributed by atoms with van der Waals surface area (Å²) in [6.07, 6.45) is 0. The number of anilines is 1. The number of rotatable bonds is 4. The van der Waals surface area contributed by atoms with Crippen LogP contribution in [0.4, 0.5) is 5.13 Å². The number of fused-ring (bicyclic) bond motifs is 1. The molecule has 1 amide bonds. The van der Waals surface area contributed by atoms with Crippen LogP contribution in [0.25, 0.3) is 10.2 Å². The Bertz CT molecular complexity index is 1010. The highest BCUT2D eigenvalue weighted by Crippen LogP contribution is 2.25. The van der Waals surface area contributed by atoms with Gasteiger partial charge in [-0.3, -0.25) is 10.1 Å². The Morgan fingerprint density at radius 2 is 1.88 bits per heavy atom. The van der Waals surface area contributed by atoms with E-state index in [0.717, 1.165) is 21.5 Å². The molecule has 0 saturated heterocycles. The molecule has 0 aliphatic heterocycles. The van der Waals surface area contributed by atoms with Gasteiger partial charge in [-0.1, -0.05) is 59.0 Å². The smallest absolute Gasteiger partial charge is 0.279 e. The minimum Gasteiger partial charge on any atom is -0.296 e. The van der Waals surface area contributed by atoms with Crippen LogP contribution in [0.2, 0.25) is 0 Å². The maximum atomic E-state index is 12.5. The van der Waals surface area contributed by atoms with Crippen LogP contribution in [0.3, 0.4) is 0 Å². The van der Waals surface area contributed by atoms with Gasteiger partial charge in [0.2, 0.25) is 0 Å². The van der Waals surface area contributed by atoms with Crippen LogP contribution in [0, 0.1) is 6.92 Å². The first-order chi connectivity index (χ1) is 12.2. The molecule has 2 aromatic heterocycles. The monoisotopic (exact) mass is 349 g/mol. The molecular formula is C18H15N5OS. The van der Waals surface area contributed by atoms with Crippen LogP contribution >= 0.6 is 11.3 Å². The molecule has 7 heteroatoms. The Balaban J connectivity index is 1.54. The SMILES string of the molecule is Cc1c(C(=O)Nc2nc3ccccc3s2)nnn1Cc1ccccc1. The summed E-state index contributed by atoms with van der Waals surface area (Å²) in [6, 6.07) is 17.7. The van der Waals surface area contributed by atoms with Crippen molar-refractivity contribution in [3.05, 3.63) is 71.5 Å². The summed E-state index contributed by atoms with van der Waals surface area (Å²) in [7, 11) is 0. The molecule has 4 aromatic rings. The van der Waals surface area contributed by atoms with Crippen LogP contribution in [-0.4, -0.2) is 25.9 Å². The summed E-state index contributed by atoms with van der Waals surface area (Å²) in [4.78, 5) is 16.9. The normalized spacial score (nSPS) is 10.9. The number of carbonyl (C=O) groups excluding carboxylic acids is 1. The lowest BCUT2D eigenvalue weighted by molar-refractivity contribution is 0.102. The number of thiazole rings is 1. The van der Waals surface area contributed by atoms with E-state index in [4.69, 9.17) is 0 Å². The molecule has 6 nitrogen and oxygen atoms in total. The number of aromatic nitrogens is 4.